The van der Waals surface area contributed by atoms with Gasteiger partial charge in [0.05, 0.1) is 0 Å². The minimum Gasteiger partial charge on any atom is -0.0654 e. The van der Waals surface area contributed by atoms with Crippen LogP contribution in [-0.4, -0.2) is 0 Å². The highest BCUT2D eigenvalue weighted by Crippen LogP contribution is 2.42. The van der Waals surface area contributed by atoms with Crippen molar-refractivity contribution < 1.29 is 0 Å². The highest BCUT2D eigenvalue weighted by Gasteiger charge is 2.28. The van der Waals surface area contributed by atoms with Crippen LogP contribution < -0.4 is 0 Å². The molecule has 0 rings (SSSR count). The molecule has 0 heteroatoms. The van der Waals surface area contributed by atoms with Gasteiger partial charge in [0.2, 0.25) is 0 Å². The third kappa shape index (κ3) is 16.9. The van der Waals surface area contributed by atoms with Crippen LogP contribution in [0.4, 0.5) is 0 Å². The summed E-state index contributed by atoms with van der Waals surface area (Å²) in [6, 6.07) is 0. The third-order valence-corrected chi connectivity index (χ3v) is 6.85. The molecule has 0 N–H and O–H groups in total. The van der Waals surface area contributed by atoms with Gasteiger partial charge in [-0.1, -0.05) is 138 Å². The summed E-state index contributed by atoms with van der Waals surface area (Å²) in [5.74, 6) is 1.75. The fourth-order valence-corrected chi connectivity index (χ4v) is 4.89. The average molecular weight is 395 g/mol. The summed E-state index contributed by atoms with van der Waals surface area (Å²) in [7, 11) is 0. The van der Waals surface area contributed by atoms with E-state index in [-0.39, 0.29) is 0 Å². The maximum Gasteiger partial charge on any atom is -0.0297 e. The van der Waals surface area contributed by atoms with Gasteiger partial charge >= 0.3 is 0 Å². The molecule has 170 valence electrons. The highest BCUT2D eigenvalue weighted by molar-refractivity contribution is 4.80. The molecule has 0 nitrogen and oxygen atoms in total. The molecule has 0 heterocycles. The first kappa shape index (κ1) is 28.0. The van der Waals surface area contributed by atoms with E-state index in [4.69, 9.17) is 0 Å². The van der Waals surface area contributed by atoms with Gasteiger partial charge in [-0.05, 0) is 42.9 Å². The topological polar surface area (TPSA) is 0 Å². The van der Waals surface area contributed by atoms with Gasteiger partial charge in [0.15, 0.2) is 0 Å². The molecule has 0 aromatic rings. The van der Waals surface area contributed by atoms with E-state index < -0.39 is 0 Å². The van der Waals surface area contributed by atoms with E-state index in [9.17, 15) is 0 Å². The first-order valence-corrected chi connectivity index (χ1v) is 13.5. The standard InChI is InChI=1S/C28H58/c1-7-9-11-13-17-23-28(22-16-12-10-8-2,24-18-14-20-26(3)4)25-19-15-21-27(5)6/h26-27H,7-25H2,1-6H3. The van der Waals surface area contributed by atoms with Gasteiger partial charge < -0.3 is 0 Å². The van der Waals surface area contributed by atoms with Crippen LogP contribution in [0, 0.1) is 17.3 Å². The molecule has 0 aliphatic carbocycles. The SMILES string of the molecule is CCCCCCCC(CCCCCC)(CCCCC(C)C)CCCCC(C)C. The Hall–Kier alpha value is 0. The number of hydrogen-bond acceptors (Lipinski definition) is 0. The minimum absolute atomic E-state index is 0.675. The molecule has 0 atom stereocenters. The summed E-state index contributed by atoms with van der Waals surface area (Å²) in [5, 5.41) is 0. The lowest BCUT2D eigenvalue weighted by Gasteiger charge is -2.35. The Kier molecular flexibility index (Phi) is 19.0. The molecule has 0 radical (unpaired) electrons. The first-order chi connectivity index (χ1) is 13.5. The van der Waals surface area contributed by atoms with Crippen LogP contribution in [0.1, 0.15) is 164 Å². The second-order valence-corrected chi connectivity index (χ2v) is 10.8. The molecular weight excluding hydrogens is 336 g/mol. The lowest BCUT2D eigenvalue weighted by atomic mass is 9.70. The zero-order valence-corrected chi connectivity index (χ0v) is 21.1. The second-order valence-electron chi connectivity index (χ2n) is 10.8. The molecule has 28 heavy (non-hydrogen) atoms. The molecule has 0 spiro atoms. The fraction of sp³-hybridized carbons (Fsp3) is 1.00. The molecular formula is C28H58. The Bertz CT molecular complexity index is 285. The van der Waals surface area contributed by atoms with Crippen molar-refractivity contribution >= 4 is 0 Å². The third-order valence-electron chi connectivity index (χ3n) is 6.85. The Morgan fingerprint density at radius 2 is 0.750 bits per heavy atom. The number of rotatable bonds is 21. The van der Waals surface area contributed by atoms with Gasteiger partial charge in [-0.2, -0.15) is 0 Å². The van der Waals surface area contributed by atoms with E-state index in [1.807, 2.05) is 0 Å². The van der Waals surface area contributed by atoms with Gasteiger partial charge in [-0.3, -0.25) is 0 Å². The normalized spacial score (nSPS) is 12.4. The zero-order valence-electron chi connectivity index (χ0n) is 21.1. The lowest BCUT2D eigenvalue weighted by molar-refractivity contribution is 0.170. The molecule has 0 fully saturated rings. The predicted octanol–water partition coefficient (Wildman–Crippen LogP) is 10.7. The smallest absolute Gasteiger partial charge is 0.0297 e. The Balaban J connectivity index is 4.75. The molecule has 0 unspecified atom stereocenters. The summed E-state index contributed by atoms with van der Waals surface area (Å²) in [6.07, 6.45) is 27.8. The van der Waals surface area contributed by atoms with Crippen molar-refractivity contribution in [2.75, 3.05) is 0 Å². The fourth-order valence-electron chi connectivity index (χ4n) is 4.89. The second kappa shape index (κ2) is 19.0. The lowest BCUT2D eigenvalue weighted by Crippen LogP contribution is -2.22. The molecule has 0 bridgehead atoms. The van der Waals surface area contributed by atoms with Crippen molar-refractivity contribution in [2.24, 2.45) is 17.3 Å². The summed E-state index contributed by atoms with van der Waals surface area (Å²) in [6.45, 7) is 14.2. The van der Waals surface area contributed by atoms with Gasteiger partial charge in [-0.15, -0.1) is 0 Å². The zero-order chi connectivity index (χ0) is 21.1. The molecule has 0 saturated heterocycles. The summed E-state index contributed by atoms with van der Waals surface area (Å²) >= 11 is 0. The number of unbranched alkanes of at least 4 members (excludes halogenated alkanes) is 9. The Morgan fingerprint density at radius 3 is 1.11 bits per heavy atom. The first-order valence-electron chi connectivity index (χ1n) is 13.5. The largest absolute Gasteiger partial charge is 0.0654 e. The van der Waals surface area contributed by atoms with E-state index in [0.717, 1.165) is 11.8 Å². The van der Waals surface area contributed by atoms with E-state index in [1.165, 1.54) is 122 Å². The van der Waals surface area contributed by atoms with Gasteiger partial charge in [0.25, 0.3) is 0 Å². The Labute approximate surface area is 181 Å². The van der Waals surface area contributed by atoms with Crippen LogP contribution >= 0.6 is 0 Å². The van der Waals surface area contributed by atoms with Crippen LogP contribution in [0.3, 0.4) is 0 Å². The van der Waals surface area contributed by atoms with E-state index in [0.29, 0.717) is 5.41 Å². The molecule has 0 aliphatic heterocycles. The highest BCUT2D eigenvalue weighted by atomic mass is 14.3. The van der Waals surface area contributed by atoms with Crippen LogP contribution in [0.15, 0.2) is 0 Å². The number of hydrogen-bond donors (Lipinski definition) is 0. The van der Waals surface area contributed by atoms with Crippen molar-refractivity contribution in [2.45, 2.75) is 164 Å². The molecule has 0 amide bonds. The minimum atomic E-state index is 0.675. The predicted molar refractivity (Wildman–Crippen MR) is 131 cm³/mol. The van der Waals surface area contributed by atoms with Gasteiger partial charge in [0.1, 0.15) is 0 Å². The van der Waals surface area contributed by atoms with Gasteiger partial charge in [-0.25, -0.2) is 0 Å². The van der Waals surface area contributed by atoms with Crippen LogP contribution in [0.25, 0.3) is 0 Å². The van der Waals surface area contributed by atoms with Crippen LogP contribution in [0.2, 0.25) is 0 Å². The van der Waals surface area contributed by atoms with Gasteiger partial charge in [0, 0.05) is 0 Å². The maximum atomic E-state index is 2.39. The van der Waals surface area contributed by atoms with Crippen molar-refractivity contribution in [3.8, 4) is 0 Å². The van der Waals surface area contributed by atoms with Crippen LogP contribution in [0.5, 0.6) is 0 Å². The average Bonchev–Trinajstić information content (AvgIpc) is 2.65. The summed E-state index contributed by atoms with van der Waals surface area (Å²) in [4.78, 5) is 0. The quantitative estimate of drug-likeness (QED) is 0.170. The summed E-state index contributed by atoms with van der Waals surface area (Å²) < 4.78 is 0. The Morgan fingerprint density at radius 1 is 0.429 bits per heavy atom. The maximum absolute atomic E-state index is 2.39. The monoisotopic (exact) mass is 394 g/mol. The van der Waals surface area contributed by atoms with E-state index >= 15 is 0 Å². The van der Waals surface area contributed by atoms with Crippen molar-refractivity contribution in [3.05, 3.63) is 0 Å². The summed E-state index contributed by atoms with van der Waals surface area (Å²) in [5.41, 5.74) is 0.675. The molecule has 0 aliphatic rings. The molecule has 0 saturated carbocycles. The van der Waals surface area contributed by atoms with E-state index in [2.05, 4.69) is 41.5 Å². The van der Waals surface area contributed by atoms with Crippen molar-refractivity contribution in [3.63, 3.8) is 0 Å². The van der Waals surface area contributed by atoms with Crippen molar-refractivity contribution in [1.82, 2.24) is 0 Å². The van der Waals surface area contributed by atoms with Crippen molar-refractivity contribution in [1.29, 1.82) is 0 Å². The molecule has 0 aromatic heterocycles. The molecule has 0 aromatic carbocycles. The van der Waals surface area contributed by atoms with Crippen LogP contribution in [-0.2, 0) is 0 Å². The van der Waals surface area contributed by atoms with E-state index in [1.54, 1.807) is 0 Å².